The Hall–Kier alpha value is -0.480. The van der Waals surface area contributed by atoms with E-state index in [1.54, 1.807) is 11.8 Å². The largest absolute Gasteiger partial charge is 0.293 e. The Kier molecular flexibility index (Phi) is 2.25. The molecule has 1 heterocycles. The van der Waals surface area contributed by atoms with Crippen molar-refractivity contribution in [3.8, 4) is 0 Å². The zero-order chi connectivity index (χ0) is 8.48. The van der Waals surface area contributed by atoms with Gasteiger partial charge in [-0.25, -0.2) is 5.84 Å². The molecule has 2 atom stereocenters. The van der Waals surface area contributed by atoms with Crippen molar-refractivity contribution in [2.45, 2.75) is 19.1 Å². The first-order valence-corrected chi connectivity index (χ1v) is 4.40. The van der Waals surface area contributed by atoms with Crippen LogP contribution in [0.15, 0.2) is 11.5 Å². The Balaban J connectivity index is 2.80. The summed E-state index contributed by atoms with van der Waals surface area (Å²) in [7, 11) is 0. The number of nitrogens with two attached hydrogens (primary N) is 1. The molecule has 0 aliphatic carbocycles. The maximum absolute atomic E-state index is 11.2. The van der Waals surface area contributed by atoms with Crippen LogP contribution in [-0.4, -0.2) is 11.2 Å². The minimum Gasteiger partial charge on any atom is -0.293 e. The average molecular weight is 172 g/mol. The van der Waals surface area contributed by atoms with Crippen molar-refractivity contribution < 1.29 is 4.79 Å². The number of carbonyl (C=O) groups is 1. The summed E-state index contributed by atoms with van der Waals surface area (Å²) >= 11 is 1.65. The lowest BCUT2D eigenvalue weighted by Gasteiger charge is -2.24. The van der Waals surface area contributed by atoms with E-state index in [0.717, 1.165) is 0 Å². The molecule has 2 unspecified atom stereocenters. The van der Waals surface area contributed by atoms with Gasteiger partial charge in [-0.05, 0) is 12.3 Å². The van der Waals surface area contributed by atoms with E-state index in [9.17, 15) is 4.79 Å². The summed E-state index contributed by atoms with van der Waals surface area (Å²) in [5.41, 5.74) is 1.74. The summed E-state index contributed by atoms with van der Waals surface area (Å²) in [6.45, 7) is 3.90. The predicted molar refractivity (Wildman–Crippen MR) is 46.6 cm³/mol. The molecule has 62 valence electrons. The minimum atomic E-state index is -0.431. The van der Waals surface area contributed by atoms with Gasteiger partial charge in [0.15, 0.2) is 0 Å². The van der Waals surface area contributed by atoms with Gasteiger partial charge in [0.05, 0.1) is 5.41 Å². The van der Waals surface area contributed by atoms with Crippen LogP contribution in [0.4, 0.5) is 0 Å². The zero-order valence-corrected chi connectivity index (χ0v) is 7.44. The number of hydrogen-bond donors (Lipinski definition) is 2. The van der Waals surface area contributed by atoms with E-state index >= 15 is 0 Å². The molecule has 0 aromatic rings. The van der Waals surface area contributed by atoms with Crippen molar-refractivity contribution in [2.75, 3.05) is 0 Å². The molecular weight excluding hydrogens is 160 g/mol. The van der Waals surface area contributed by atoms with Crippen molar-refractivity contribution in [1.82, 2.24) is 5.43 Å². The van der Waals surface area contributed by atoms with Gasteiger partial charge in [-0.15, -0.1) is 11.8 Å². The molecular formula is C7H12N2OS. The summed E-state index contributed by atoms with van der Waals surface area (Å²) in [5, 5.41) is 2.21. The third kappa shape index (κ3) is 1.28. The molecule has 1 amide bonds. The first kappa shape index (κ1) is 8.62. The minimum absolute atomic E-state index is 0.119. The zero-order valence-electron chi connectivity index (χ0n) is 6.63. The van der Waals surface area contributed by atoms with Gasteiger partial charge in [-0.1, -0.05) is 13.0 Å². The van der Waals surface area contributed by atoms with E-state index in [0.29, 0.717) is 0 Å². The van der Waals surface area contributed by atoms with Gasteiger partial charge in [0.25, 0.3) is 0 Å². The molecule has 0 aromatic carbocycles. The van der Waals surface area contributed by atoms with Gasteiger partial charge in [0.2, 0.25) is 5.91 Å². The molecule has 1 aliphatic heterocycles. The molecule has 0 fully saturated rings. The van der Waals surface area contributed by atoms with Crippen molar-refractivity contribution in [1.29, 1.82) is 0 Å². The Morgan fingerprint density at radius 2 is 2.45 bits per heavy atom. The SMILES string of the molecule is CC1SC=CC1(C)C(=O)NN. The lowest BCUT2D eigenvalue weighted by atomic mass is 9.87. The maximum Gasteiger partial charge on any atom is 0.244 e. The average Bonchev–Trinajstić information content (AvgIpc) is 2.32. The van der Waals surface area contributed by atoms with Crippen molar-refractivity contribution in [3.05, 3.63) is 11.5 Å². The Labute approximate surface area is 70.4 Å². The molecule has 0 spiro atoms. The molecule has 0 radical (unpaired) electrons. The fourth-order valence-electron chi connectivity index (χ4n) is 0.991. The van der Waals surface area contributed by atoms with Crippen LogP contribution in [0, 0.1) is 5.41 Å². The lowest BCUT2D eigenvalue weighted by molar-refractivity contribution is -0.127. The number of rotatable bonds is 1. The van der Waals surface area contributed by atoms with E-state index in [1.165, 1.54) is 0 Å². The molecule has 0 saturated carbocycles. The molecule has 0 aromatic heterocycles. The first-order chi connectivity index (χ1) is 5.11. The van der Waals surface area contributed by atoms with Gasteiger partial charge in [-0.3, -0.25) is 10.2 Å². The van der Waals surface area contributed by atoms with E-state index in [2.05, 4.69) is 5.43 Å². The number of carbonyl (C=O) groups excluding carboxylic acids is 1. The Bertz CT molecular complexity index is 205. The lowest BCUT2D eigenvalue weighted by Crippen LogP contribution is -2.44. The molecule has 0 bridgehead atoms. The molecule has 3 N–H and O–H groups in total. The van der Waals surface area contributed by atoms with Crippen LogP contribution in [0.5, 0.6) is 0 Å². The standard InChI is InChI=1S/C7H12N2OS/c1-5-7(2,3-4-11-5)6(10)9-8/h3-5H,8H2,1-2H3,(H,9,10). The number of hydrogen-bond acceptors (Lipinski definition) is 3. The summed E-state index contributed by atoms with van der Waals surface area (Å²) < 4.78 is 0. The van der Waals surface area contributed by atoms with Crippen molar-refractivity contribution in [2.24, 2.45) is 11.3 Å². The van der Waals surface area contributed by atoms with E-state index in [-0.39, 0.29) is 11.2 Å². The molecule has 1 aliphatic rings. The van der Waals surface area contributed by atoms with Crippen LogP contribution in [0.25, 0.3) is 0 Å². The molecule has 4 heteroatoms. The van der Waals surface area contributed by atoms with Crippen LogP contribution in [0.2, 0.25) is 0 Å². The number of amides is 1. The highest BCUT2D eigenvalue weighted by molar-refractivity contribution is 8.03. The maximum atomic E-state index is 11.2. The van der Waals surface area contributed by atoms with E-state index in [1.807, 2.05) is 25.3 Å². The molecule has 1 rings (SSSR count). The van der Waals surface area contributed by atoms with E-state index < -0.39 is 5.41 Å². The van der Waals surface area contributed by atoms with E-state index in [4.69, 9.17) is 5.84 Å². The van der Waals surface area contributed by atoms with Gasteiger partial charge < -0.3 is 0 Å². The smallest absolute Gasteiger partial charge is 0.244 e. The van der Waals surface area contributed by atoms with Crippen LogP contribution in [0.3, 0.4) is 0 Å². The predicted octanol–water partition coefficient (Wildman–Crippen LogP) is 0.632. The normalized spacial score (nSPS) is 35.7. The highest BCUT2D eigenvalue weighted by Gasteiger charge is 2.39. The van der Waals surface area contributed by atoms with Crippen LogP contribution < -0.4 is 11.3 Å². The van der Waals surface area contributed by atoms with Gasteiger partial charge in [0, 0.05) is 5.25 Å². The summed E-state index contributed by atoms with van der Waals surface area (Å²) in [6, 6.07) is 0. The van der Waals surface area contributed by atoms with Crippen molar-refractivity contribution in [3.63, 3.8) is 0 Å². The second-order valence-electron chi connectivity index (χ2n) is 2.84. The van der Waals surface area contributed by atoms with Crippen molar-refractivity contribution >= 4 is 17.7 Å². The first-order valence-electron chi connectivity index (χ1n) is 3.45. The molecule has 11 heavy (non-hydrogen) atoms. The van der Waals surface area contributed by atoms with Gasteiger partial charge in [0.1, 0.15) is 0 Å². The second kappa shape index (κ2) is 2.87. The fourth-order valence-corrected chi connectivity index (χ4v) is 2.06. The number of nitrogens with one attached hydrogen (secondary N) is 1. The third-order valence-electron chi connectivity index (χ3n) is 2.16. The highest BCUT2D eigenvalue weighted by Crippen LogP contribution is 2.39. The monoisotopic (exact) mass is 172 g/mol. The highest BCUT2D eigenvalue weighted by atomic mass is 32.2. The Morgan fingerprint density at radius 1 is 1.82 bits per heavy atom. The second-order valence-corrected chi connectivity index (χ2v) is 4.09. The van der Waals surface area contributed by atoms with Gasteiger partial charge >= 0.3 is 0 Å². The van der Waals surface area contributed by atoms with Crippen LogP contribution >= 0.6 is 11.8 Å². The topological polar surface area (TPSA) is 55.1 Å². The molecule has 0 saturated heterocycles. The summed E-state index contributed by atoms with van der Waals surface area (Å²) in [5.74, 6) is 4.94. The third-order valence-corrected chi connectivity index (χ3v) is 3.35. The van der Waals surface area contributed by atoms with Gasteiger partial charge in [-0.2, -0.15) is 0 Å². The summed E-state index contributed by atoms with van der Waals surface area (Å²) in [6.07, 6.45) is 1.89. The Morgan fingerprint density at radius 3 is 2.82 bits per heavy atom. The summed E-state index contributed by atoms with van der Waals surface area (Å²) in [4.78, 5) is 11.2. The molecule has 3 nitrogen and oxygen atoms in total. The number of hydrazine groups is 1. The fraction of sp³-hybridized carbons (Fsp3) is 0.571. The number of thioether (sulfide) groups is 1. The van der Waals surface area contributed by atoms with Crippen LogP contribution in [-0.2, 0) is 4.79 Å². The van der Waals surface area contributed by atoms with Crippen LogP contribution in [0.1, 0.15) is 13.8 Å². The quantitative estimate of drug-likeness (QED) is 0.346.